The number of hydrogen-bond donors (Lipinski definition) is 0. The van der Waals surface area contributed by atoms with E-state index in [0.717, 1.165) is 5.56 Å². The predicted octanol–water partition coefficient (Wildman–Crippen LogP) is 3.18. The smallest absolute Gasteiger partial charge is 0.233 e. The molecule has 0 N–H and O–H groups in total. The molecule has 1 fully saturated rings. The van der Waals surface area contributed by atoms with Crippen LogP contribution in [0.25, 0.3) is 0 Å². The number of nitrogens with zero attached hydrogens (tertiary/aromatic N) is 2. The Labute approximate surface area is 183 Å². The fraction of sp³-hybridized carbons (Fsp3) is 0.435. The van der Waals surface area contributed by atoms with Gasteiger partial charge < -0.3 is 9.64 Å². The lowest BCUT2D eigenvalue weighted by atomic mass is 9.72. The summed E-state index contributed by atoms with van der Waals surface area (Å²) in [6.07, 6.45) is 0.798. The maximum Gasteiger partial charge on any atom is 0.233 e. The second kappa shape index (κ2) is 9.36. The van der Waals surface area contributed by atoms with Crippen LogP contribution < -0.4 is 4.74 Å². The number of likely N-dealkylation sites (N-methyl/N-ethyl adjacent to an activating group) is 1. The number of carbonyl (C=O) groups is 1. The number of halogens is 1. The summed E-state index contributed by atoms with van der Waals surface area (Å²) in [7, 11) is -0.201. The SMILES string of the molecule is CCS(=O)(=O)N1CCC(C(=O)N(C)Cc2ccc(OC)c(F)c2)(c2ccccc2)CC1. The average Bonchev–Trinajstić information content (AvgIpc) is 2.79. The summed E-state index contributed by atoms with van der Waals surface area (Å²) in [5.74, 6) is -0.370. The Hall–Kier alpha value is -2.45. The molecule has 3 rings (SSSR count). The highest BCUT2D eigenvalue weighted by molar-refractivity contribution is 7.89. The van der Waals surface area contributed by atoms with Crippen molar-refractivity contribution >= 4 is 15.9 Å². The van der Waals surface area contributed by atoms with Gasteiger partial charge in [0.25, 0.3) is 0 Å². The van der Waals surface area contributed by atoms with Crippen LogP contribution >= 0.6 is 0 Å². The van der Waals surface area contributed by atoms with Crippen molar-refractivity contribution in [3.05, 3.63) is 65.5 Å². The molecule has 8 heteroatoms. The number of amides is 1. The molecule has 1 aliphatic heterocycles. The highest BCUT2D eigenvalue weighted by Gasteiger charge is 2.45. The third kappa shape index (κ3) is 4.75. The first-order chi connectivity index (χ1) is 14.7. The van der Waals surface area contributed by atoms with Crippen LogP contribution in [0.15, 0.2) is 48.5 Å². The number of methoxy groups -OCH3 is 1. The Morgan fingerprint density at radius 3 is 2.35 bits per heavy atom. The summed E-state index contributed by atoms with van der Waals surface area (Å²) in [6.45, 7) is 2.45. The maximum absolute atomic E-state index is 14.1. The summed E-state index contributed by atoms with van der Waals surface area (Å²) < 4.78 is 45.2. The van der Waals surface area contributed by atoms with E-state index in [1.165, 1.54) is 17.5 Å². The van der Waals surface area contributed by atoms with Gasteiger partial charge in [0.2, 0.25) is 15.9 Å². The second-order valence-electron chi connectivity index (χ2n) is 7.88. The third-order valence-corrected chi connectivity index (χ3v) is 7.93. The number of hydrogen-bond acceptors (Lipinski definition) is 4. The lowest BCUT2D eigenvalue weighted by molar-refractivity contribution is -0.138. The van der Waals surface area contributed by atoms with Gasteiger partial charge in [0, 0.05) is 26.7 Å². The van der Waals surface area contributed by atoms with Crippen molar-refractivity contribution in [3.63, 3.8) is 0 Å². The van der Waals surface area contributed by atoms with E-state index in [2.05, 4.69) is 0 Å². The standard InChI is InChI=1S/C23H29FN2O4S/c1-4-31(28,29)26-14-12-23(13-15-26,19-8-6-5-7-9-19)22(27)25(2)17-18-10-11-21(30-3)20(24)16-18/h5-11,16H,4,12-15,17H2,1-3H3. The largest absolute Gasteiger partial charge is 0.494 e. The minimum Gasteiger partial charge on any atom is -0.494 e. The van der Waals surface area contributed by atoms with Crippen LogP contribution in [-0.4, -0.2) is 56.5 Å². The highest BCUT2D eigenvalue weighted by atomic mass is 32.2. The number of ether oxygens (including phenoxy) is 1. The molecule has 6 nitrogen and oxygen atoms in total. The molecule has 1 saturated heterocycles. The molecule has 0 aliphatic carbocycles. The molecule has 2 aromatic carbocycles. The number of benzene rings is 2. The Kier molecular flexibility index (Phi) is 7.01. The molecule has 0 saturated carbocycles. The number of piperidine rings is 1. The minimum absolute atomic E-state index is 0.0439. The van der Waals surface area contributed by atoms with Gasteiger partial charge in [-0.3, -0.25) is 4.79 Å². The Morgan fingerprint density at radius 2 is 1.81 bits per heavy atom. The topological polar surface area (TPSA) is 66.9 Å². The number of carbonyl (C=O) groups excluding carboxylic acids is 1. The third-order valence-electron chi connectivity index (χ3n) is 6.05. The first-order valence-electron chi connectivity index (χ1n) is 10.3. The minimum atomic E-state index is -3.30. The molecule has 0 radical (unpaired) electrons. The Morgan fingerprint density at radius 1 is 1.16 bits per heavy atom. The molecule has 1 amide bonds. The predicted molar refractivity (Wildman–Crippen MR) is 118 cm³/mol. The normalized spacial score (nSPS) is 16.6. The summed E-state index contributed by atoms with van der Waals surface area (Å²) in [4.78, 5) is 15.3. The van der Waals surface area contributed by atoms with Crippen LogP contribution in [0.4, 0.5) is 4.39 Å². The molecular formula is C23H29FN2O4S. The van der Waals surface area contributed by atoms with Crippen LogP contribution in [-0.2, 0) is 26.8 Å². The molecule has 168 valence electrons. The zero-order chi connectivity index (χ0) is 22.6. The van der Waals surface area contributed by atoms with Crippen molar-refractivity contribution in [2.45, 2.75) is 31.7 Å². The summed E-state index contributed by atoms with van der Waals surface area (Å²) in [6, 6.07) is 14.2. The van der Waals surface area contributed by atoms with Crippen LogP contribution in [0.1, 0.15) is 30.9 Å². The van der Waals surface area contributed by atoms with Crippen LogP contribution in [0.5, 0.6) is 5.75 Å². The maximum atomic E-state index is 14.1. The van der Waals surface area contributed by atoms with Gasteiger partial charge in [-0.2, -0.15) is 0 Å². The van der Waals surface area contributed by atoms with E-state index < -0.39 is 21.3 Å². The van der Waals surface area contributed by atoms with Crippen molar-refractivity contribution < 1.29 is 22.3 Å². The van der Waals surface area contributed by atoms with Gasteiger partial charge in [-0.1, -0.05) is 36.4 Å². The van der Waals surface area contributed by atoms with Gasteiger partial charge in [0.05, 0.1) is 18.3 Å². The Bertz CT molecular complexity index is 1020. The van der Waals surface area contributed by atoms with E-state index in [9.17, 15) is 17.6 Å². The van der Waals surface area contributed by atoms with Gasteiger partial charge in [-0.15, -0.1) is 0 Å². The molecule has 0 spiro atoms. The summed E-state index contributed by atoms with van der Waals surface area (Å²) >= 11 is 0. The Balaban J connectivity index is 1.86. The molecule has 2 aromatic rings. The van der Waals surface area contributed by atoms with E-state index in [1.807, 2.05) is 30.3 Å². The fourth-order valence-corrected chi connectivity index (χ4v) is 5.34. The lowest BCUT2D eigenvalue weighted by Gasteiger charge is -2.42. The molecule has 0 unspecified atom stereocenters. The average molecular weight is 449 g/mol. The van der Waals surface area contributed by atoms with Gasteiger partial charge in [0.15, 0.2) is 11.6 Å². The van der Waals surface area contributed by atoms with E-state index in [0.29, 0.717) is 31.5 Å². The van der Waals surface area contributed by atoms with Crippen molar-refractivity contribution in [1.29, 1.82) is 0 Å². The number of rotatable bonds is 7. The fourth-order valence-electron chi connectivity index (χ4n) is 4.23. The van der Waals surface area contributed by atoms with Crippen molar-refractivity contribution in [3.8, 4) is 5.75 Å². The van der Waals surface area contributed by atoms with E-state index in [4.69, 9.17) is 4.74 Å². The second-order valence-corrected chi connectivity index (χ2v) is 10.1. The zero-order valence-corrected chi connectivity index (χ0v) is 19.0. The molecular weight excluding hydrogens is 419 g/mol. The van der Waals surface area contributed by atoms with Gasteiger partial charge in [-0.05, 0) is 43.0 Å². The first-order valence-corrected chi connectivity index (χ1v) is 12.0. The van der Waals surface area contributed by atoms with Gasteiger partial charge >= 0.3 is 0 Å². The van der Waals surface area contributed by atoms with Gasteiger partial charge in [0.1, 0.15) is 0 Å². The van der Waals surface area contributed by atoms with Crippen LogP contribution in [0, 0.1) is 5.82 Å². The van der Waals surface area contributed by atoms with E-state index >= 15 is 0 Å². The summed E-state index contributed by atoms with van der Waals surface area (Å²) in [5.41, 5.74) is 0.713. The molecule has 1 heterocycles. The van der Waals surface area contributed by atoms with Crippen molar-refractivity contribution in [2.75, 3.05) is 33.0 Å². The van der Waals surface area contributed by atoms with Gasteiger partial charge in [-0.25, -0.2) is 17.1 Å². The molecule has 31 heavy (non-hydrogen) atoms. The van der Waals surface area contributed by atoms with Crippen molar-refractivity contribution in [1.82, 2.24) is 9.21 Å². The highest BCUT2D eigenvalue weighted by Crippen LogP contribution is 2.38. The first kappa shape index (κ1) is 23.2. The molecule has 0 atom stereocenters. The molecule has 1 aliphatic rings. The lowest BCUT2D eigenvalue weighted by Crippen LogP contribution is -2.53. The number of sulfonamides is 1. The van der Waals surface area contributed by atoms with Crippen LogP contribution in [0.2, 0.25) is 0 Å². The molecule has 0 aromatic heterocycles. The zero-order valence-electron chi connectivity index (χ0n) is 18.2. The van der Waals surface area contributed by atoms with E-state index in [1.54, 1.807) is 31.0 Å². The summed E-state index contributed by atoms with van der Waals surface area (Å²) in [5, 5.41) is 0. The van der Waals surface area contributed by atoms with Crippen LogP contribution in [0.3, 0.4) is 0 Å². The van der Waals surface area contributed by atoms with Crippen molar-refractivity contribution in [2.24, 2.45) is 0 Å². The monoisotopic (exact) mass is 448 g/mol. The van der Waals surface area contributed by atoms with E-state index in [-0.39, 0.29) is 24.0 Å². The molecule has 0 bridgehead atoms. The quantitative estimate of drug-likeness (QED) is 0.653.